The zero-order chi connectivity index (χ0) is 20.2. The first kappa shape index (κ1) is 18.3. The first-order valence-electron chi connectivity index (χ1n) is 10.4. The molecule has 0 spiro atoms. The average molecular weight is 391 g/mol. The van der Waals surface area contributed by atoms with Crippen molar-refractivity contribution in [2.24, 2.45) is 5.41 Å². The number of benzene rings is 2. The number of rotatable bonds is 2. The summed E-state index contributed by atoms with van der Waals surface area (Å²) in [6.07, 6.45) is 2.91. The van der Waals surface area contributed by atoms with Gasteiger partial charge in [-0.1, -0.05) is 26.0 Å². The van der Waals surface area contributed by atoms with Crippen LogP contribution in [0.4, 0.5) is 10.1 Å². The molecule has 1 saturated heterocycles. The first-order valence-corrected chi connectivity index (χ1v) is 10.4. The number of halogens is 1. The molecule has 0 aliphatic carbocycles. The average Bonchev–Trinajstić information content (AvgIpc) is 3.18. The largest absolute Gasteiger partial charge is 0.371 e. The van der Waals surface area contributed by atoms with Gasteiger partial charge in [0.2, 0.25) is 0 Å². The number of nitrogens with zero attached hydrogens (tertiary/aromatic N) is 3. The molecule has 150 valence electrons. The molecule has 5 heteroatoms. The third-order valence-corrected chi connectivity index (χ3v) is 6.50. The molecule has 2 aliphatic heterocycles. The highest BCUT2D eigenvalue weighted by molar-refractivity contribution is 5.78. The lowest BCUT2D eigenvalue weighted by molar-refractivity contribution is 0.240. The molecule has 1 fully saturated rings. The summed E-state index contributed by atoms with van der Waals surface area (Å²) in [6, 6.07) is 12.9. The van der Waals surface area contributed by atoms with Crippen LogP contribution in [0.1, 0.15) is 44.0 Å². The molecule has 0 bridgehead atoms. The molecular weight excluding hydrogens is 365 g/mol. The van der Waals surface area contributed by atoms with E-state index in [2.05, 4.69) is 30.9 Å². The van der Waals surface area contributed by atoms with Crippen molar-refractivity contribution in [3.05, 3.63) is 70.0 Å². The molecule has 29 heavy (non-hydrogen) atoms. The number of aryl methyl sites for hydroxylation is 1. The molecule has 2 aromatic carbocycles. The maximum absolute atomic E-state index is 13.6. The maximum atomic E-state index is 13.6. The summed E-state index contributed by atoms with van der Waals surface area (Å²) in [5.74, 6) is 1.07. The molecule has 0 N–H and O–H groups in total. The van der Waals surface area contributed by atoms with Gasteiger partial charge < -0.3 is 4.90 Å². The van der Waals surface area contributed by atoms with Crippen molar-refractivity contribution in [1.29, 1.82) is 0 Å². The van der Waals surface area contributed by atoms with Crippen molar-refractivity contribution in [3.8, 4) is 0 Å². The lowest BCUT2D eigenvalue weighted by Crippen LogP contribution is -2.36. The van der Waals surface area contributed by atoms with Gasteiger partial charge in [0, 0.05) is 37.7 Å². The lowest BCUT2D eigenvalue weighted by Gasteiger charge is -2.31. The molecule has 2 aliphatic rings. The van der Waals surface area contributed by atoms with Gasteiger partial charge in [0.25, 0.3) is 5.56 Å². The molecule has 1 aromatic heterocycles. The Balaban J connectivity index is 1.46. The van der Waals surface area contributed by atoms with Gasteiger partial charge in [-0.3, -0.25) is 9.36 Å². The SMILES string of the molecule is CC1(C)CCc2nc3cc(C4CCN(c5cccc(F)c5)C4)ccc3c(=O)n2C1. The number of anilines is 1. The molecule has 0 saturated carbocycles. The van der Waals surface area contributed by atoms with Crippen molar-refractivity contribution in [2.45, 2.75) is 45.6 Å². The van der Waals surface area contributed by atoms with E-state index in [1.165, 1.54) is 11.6 Å². The molecule has 1 unspecified atom stereocenters. The lowest BCUT2D eigenvalue weighted by atomic mass is 9.85. The Labute approximate surface area is 170 Å². The van der Waals surface area contributed by atoms with Crippen LogP contribution in [0.3, 0.4) is 0 Å². The third kappa shape index (κ3) is 3.33. The molecule has 1 atom stereocenters. The smallest absolute Gasteiger partial charge is 0.261 e. The van der Waals surface area contributed by atoms with Gasteiger partial charge in [0.15, 0.2) is 0 Å². The Bertz CT molecular complexity index is 1150. The Morgan fingerprint density at radius 1 is 1.17 bits per heavy atom. The summed E-state index contributed by atoms with van der Waals surface area (Å²) >= 11 is 0. The van der Waals surface area contributed by atoms with Crippen molar-refractivity contribution in [3.63, 3.8) is 0 Å². The van der Waals surface area contributed by atoms with Gasteiger partial charge in [-0.15, -0.1) is 0 Å². The number of hydrogen-bond acceptors (Lipinski definition) is 3. The quantitative estimate of drug-likeness (QED) is 0.645. The van der Waals surface area contributed by atoms with Crippen LogP contribution in [-0.2, 0) is 13.0 Å². The summed E-state index contributed by atoms with van der Waals surface area (Å²) in [5.41, 5.74) is 3.17. The second-order valence-corrected chi connectivity index (χ2v) is 9.27. The Kier molecular flexibility index (Phi) is 4.23. The van der Waals surface area contributed by atoms with E-state index in [1.54, 1.807) is 12.1 Å². The van der Waals surface area contributed by atoms with Crippen LogP contribution in [0.15, 0.2) is 47.3 Å². The topological polar surface area (TPSA) is 38.1 Å². The van der Waals surface area contributed by atoms with Crippen LogP contribution in [0.5, 0.6) is 0 Å². The molecule has 0 amide bonds. The fourth-order valence-electron chi connectivity index (χ4n) is 4.79. The van der Waals surface area contributed by atoms with E-state index in [4.69, 9.17) is 4.98 Å². The summed E-state index contributed by atoms with van der Waals surface area (Å²) in [6.45, 7) is 6.91. The highest BCUT2D eigenvalue weighted by atomic mass is 19.1. The van der Waals surface area contributed by atoms with E-state index < -0.39 is 0 Å². The minimum atomic E-state index is -0.200. The van der Waals surface area contributed by atoms with E-state index in [0.29, 0.717) is 11.3 Å². The van der Waals surface area contributed by atoms with Crippen LogP contribution in [-0.4, -0.2) is 22.6 Å². The molecular formula is C24H26FN3O. The number of fused-ring (bicyclic) bond motifs is 2. The highest BCUT2D eigenvalue weighted by Crippen LogP contribution is 2.33. The Morgan fingerprint density at radius 3 is 2.86 bits per heavy atom. The van der Waals surface area contributed by atoms with Gasteiger partial charge in [0.1, 0.15) is 11.6 Å². The number of hydrogen-bond donors (Lipinski definition) is 0. The first-order chi connectivity index (χ1) is 13.9. The summed E-state index contributed by atoms with van der Waals surface area (Å²) < 4.78 is 15.4. The highest BCUT2D eigenvalue weighted by Gasteiger charge is 2.28. The van der Waals surface area contributed by atoms with Crippen molar-refractivity contribution < 1.29 is 4.39 Å². The fraction of sp³-hybridized carbons (Fsp3) is 0.417. The van der Waals surface area contributed by atoms with Crippen molar-refractivity contribution in [1.82, 2.24) is 9.55 Å². The molecule has 5 rings (SSSR count). The minimum Gasteiger partial charge on any atom is -0.371 e. The summed E-state index contributed by atoms with van der Waals surface area (Å²) in [4.78, 5) is 20.1. The Hall–Kier alpha value is -2.69. The summed E-state index contributed by atoms with van der Waals surface area (Å²) in [7, 11) is 0. The molecule has 3 heterocycles. The van der Waals surface area contributed by atoms with Crippen LogP contribution < -0.4 is 10.5 Å². The van der Waals surface area contributed by atoms with Gasteiger partial charge >= 0.3 is 0 Å². The van der Waals surface area contributed by atoms with Crippen LogP contribution >= 0.6 is 0 Å². The van der Waals surface area contributed by atoms with E-state index in [9.17, 15) is 9.18 Å². The van der Waals surface area contributed by atoms with Crippen molar-refractivity contribution >= 4 is 16.6 Å². The van der Waals surface area contributed by atoms with Gasteiger partial charge in [-0.05, 0) is 54.2 Å². The minimum absolute atomic E-state index is 0.0807. The third-order valence-electron chi connectivity index (χ3n) is 6.50. The zero-order valence-electron chi connectivity index (χ0n) is 17.0. The van der Waals surface area contributed by atoms with E-state index in [1.807, 2.05) is 16.7 Å². The molecule has 4 nitrogen and oxygen atoms in total. The second-order valence-electron chi connectivity index (χ2n) is 9.27. The van der Waals surface area contributed by atoms with E-state index in [0.717, 1.165) is 55.9 Å². The normalized spacial score (nSPS) is 20.8. The van der Waals surface area contributed by atoms with Gasteiger partial charge in [-0.25, -0.2) is 9.37 Å². The van der Waals surface area contributed by atoms with Crippen molar-refractivity contribution in [2.75, 3.05) is 18.0 Å². The predicted octanol–water partition coefficient (Wildman–Crippen LogP) is 4.50. The van der Waals surface area contributed by atoms with Crippen LogP contribution in [0.25, 0.3) is 10.9 Å². The standard InChI is InChI=1S/C24H26FN3O/c1-24(2)10-8-22-26-21-12-16(6-7-20(21)23(29)28(22)15-24)17-9-11-27(14-17)19-5-3-4-18(25)13-19/h3-7,12-13,17H,8-11,14-15H2,1-2H3. The second kappa shape index (κ2) is 6.68. The van der Waals surface area contributed by atoms with Gasteiger partial charge in [0.05, 0.1) is 10.9 Å². The zero-order valence-corrected chi connectivity index (χ0v) is 17.0. The predicted molar refractivity (Wildman–Crippen MR) is 114 cm³/mol. The fourth-order valence-corrected chi connectivity index (χ4v) is 4.79. The van der Waals surface area contributed by atoms with Crippen LogP contribution in [0, 0.1) is 11.2 Å². The maximum Gasteiger partial charge on any atom is 0.261 e. The van der Waals surface area contributed by atoms with E-state index in [-0.39, 0.29) is 16.8 Å². The number of aromatic nitrogens is 2. The van der Waals surface area contributed by atoms with E-state index >= 15 is 0 Å². The molecule has 0 radical (unpaired) electrons. The summed E-state index contributed by atoms with van der Waals surface area (Å²) in [5, 5.41) is 0.704. The van der Waals surface area contributed by atoms with Gasteiger partial charge in [-0.2, -0.15) is 0 Å². The Morgan fingerprint density at radius 2 is 2.03 bits per heavy atom. The molecule has 3 aromatic rings. The monoisotopic (exact) mass is 391 g/mol. The van der Waals surface area contributed by atoms with Crippen LogP contribution in [0.2, 0.25) is 0 Å².